The molecule has 5 nitrogen and oxygen atoms in total. The SMILES string of the molecule is CCN(CC)CCCOc1ccc(C2=NNC(=O)CC2)cc1. The molecule has 120 valence electrons. The summed E-state index contributed by atoms with van der Waals surface area (Å²) in [5.74, 6) is 0.862. The Morgan fingerprint density at radius 2 is 1.91 bits per heavy atom. The Kier molecular flexibility index (Phi) is 6.40. The average Bonchev–Trinajstić information content (AvgIpc) is 2.56. The predicted molar refractivity (Wildman–Crippen MR) is 88.3 cm³/mol. The zero-order valence-electron chi connectivity index (χ0n) is 13.5. The molecule has 1 aliphatic heterocycles. The number of rotatable bonds is 8. The van der Waals surface area contributed by atoms with Gasteiger partial charge >= 0.3 is 0 Å². The van der Waals surface area contributed by atoms with E-state index in [9.17, 15) is 4.79 Å². The minimum Gasteiger partial charge on any atom is -0.494 e. The Labute approximate surface area is 132 Å². The molecule has 1 heterocycles. The Hall–Kier alpha value is -1.88. The highest BCUT2D eigenvalue weighted by atomic mass is 16.5. The largest absolute Gasteiger partial charge is 0.494 e. The molecule has 2 rings (SSSR count). The Morgan fingerprint density at radius 1 is 1.18 bits per heavy atom. The highest BCUT2D eigenvalue weighted by molar-refractivity contribution is 6.04. The first-order valence-electron chi connectivity index (χ1n) is 8.04. The van der Waals surface area contributed by atoms with Crippen molar-refractivity contribution < 1.29 is 9.53 Å². The molecule has 0 atom stereocenters. The fraction of sp³-hybridized carbons (Fsp3) is 0.529. The molecule has 0 saturated carbocycles. The molecule has 22 heavy (non-hydrogen) atoms. The molecule has 0 radical (unpaired) electrons. The molecular weight excluding hydrogens is 278 g/mol. The van der Waals surface area contributed by atoms with E-state index in [1.54, 1.807) is 0 Å². The topological polar surface area (TPSA) is 53.9 Å². The summed E-state index contributed by atoms with van der Waals surface area (Å²) in [4.78, 5) is 13.5. The number of benzene rings is 1. The van der Waals surface area contributed by atoms with E-state index in [-0.39, 0.29) is 5.91 Å². The molecule has 1 N–H and O–H groups in total. The summed E-state index contributed by atoms with van der Waals surface area (Å²) < 4.78 is 5.77. The molecule has 1 aromatic rings. The van der Waals surface area contributed by atoms with Gasteiger partial charge in [-0.2, -0.15) is 5.10 Å². The van der Waals surface area contributed by atoms with Crippen LogP contribution in [0.3, 0.4) is 0 Å². The summed E-state index contributed by atoms with van der Waals surface area (Å²) in [6.07, 6.45) is 2.22. The van der Waals surface area contributed by atoms with Crippen molar-refractivity contribution in [3.63, 3.8) is 0 Å². The Bertz CT molecular complexity index is 507. The lowest BCUT2D eigenvalue weighted by molar-refractivity contribution is -0.121. The summed E-state index contributed by atoms with van der Waals surface area (Å²) in [5.41, 5.74) is 4.48. The first kappa shape index (κ1) is 16.5. The highest BCUT2D eigenvalue weighted by Crippen LogP contribution is 2.16. The van der Waals surface area contributed by atoms with Gasteiger partial charge in [0.05, 0.1) is 12.3 Å². The van der Waals surface area contributed by atoms with Crippen LogP contribution in [0.5, 0.6) is 5.75 Å². The van der Waals surface area contributed by atoms with Crippen molar-refractivity contribution in [1.82, 2.24) is 10.3 Å². The first-order chi connectivity index (χ1) is 10.7. The van der Waals surface area contributed by atoms with E-state index in [0.29, 0.717) is 12.8 Å². The summed E-state index contributed by atoms with van der Waals surface area (Å²) in [6.45, 7) is 8.33. The second kappa shape index (κ2) is 8.54. The third-order valence-corrected chi connectivity index (χ3v) is 3.87. The van der Waals surface area contributed by atoms with Gasteiger partial charge < -0.3 is 9.64 Å². The van der Waals surface area contributed by atoms with E-state index in [0.717, 1.165) is 49.7 Å². The normalized spacial score (nSPS) is 14.7. The second-order valence-electron chi connectivity index (χ2n) is 5.35. The molecule has 0 fully saturated rings. The molecule has 0 spiro atoms. The van der Waals surface area contributed by atoms with Gasteiger partial charge in [-0.25, -0.2) is 5.43 Å². The van der Waals surface area contributed by atoms with Crippen molar-refractivity contribution >= 4 is 11.6 Å². The lowest BCUT2D eigenvalue weighted by Crippen LogP contribution is -2.25. The number of carbonyl (C=O) groups excluding carboxylic acids is 1. The van der Waals surface area contributed by atoms with Crippen LogP contribution in [0.15, 0.2) is 29.4 Å². The predicted octanol–water partition coefficient (Wildman–Crippen LogP) is 2.41. The van der Waals surface area contributed by atoms with Crippen LogP contribution in [0.2, 0.25) is 0 Å². The molecule has 1 aromatic carbocycles. The van der Waals surface area contributed by atoms with E-state index in [1.807, 2.05) is 24.3 Å². The molecule has 1 aliphatic rings. The van der Waals surface area contributed by atoms with Crippen LogP contribution in [0.4, 0.5) is 0 Å². The number of nitrogens with zero attached hydrogens (tertiary/aromatic N) is 2. The summed E-state index contributed by atoms with van der Waals surface area (Å²) >= 11 is 0. The lowest BCUT2D eigenvalue weighted by Gasteiger charge is -2.17. The Balaban J connectivity index is 1.78. The zero-order chi connectivity index (χ0) is 15.8. The maximum Gasteiger partial charge on any atom is 0.240 e. The number of nitrogens with one attached hydrogen (secondary N) is 1. The van der Waals surface area contributed by atoms with Crippen LogP contribution >= 0.6 is 0 Å². The van der Waals surface area contributed by atoms with Gasteiger partial charge in [-0.1, -0.05) is 13.8 Å². The standard InChI is InChI=1S/C17H25N3O2/c1-3-20(4-2)12-5-13-22-15-8-6-14(7-9-15)16-10-11-17(21)19-18-16/h6-9H,3-5,10-13H2,1-2H3,(H,19,21). The highest BCUT2D eigenvalue weighted by Gasteiger charge is 2.12. The van der Waals surface area contributed by atoms with Crippen molar-refractivity contribution in [2.24, 2.45) is 5.10 Å². The molecule has 0 aromatic heterocycles. The van der Waals surface area contributed by atoms with Crippen molar-refractivity contribution in [1.29, 1.82) is 0 Å². The van der Waals surface area contributed by atoms with E-state index in [4.69, 9.17) is 4.74 Å². The summed E-state index contributed by atoms with van der Waals surface area (Å²) in [6, 6.07) is 7.92. The monoisotopic (exact) mass is 303 g/mol. The second-order valence-corrected chi connectivity index (χ2v) is 5.35. The van der Waals surface area contributed by atoms with Gasteiger partial charge in [-0.3, -0.25) is 4.79 Å². The van der Waals surface area contributed by atoms with Crippen LogP contribution in [0, 0.1) is 0 Å². The van der Waals surface area contributed by atoms with E-state index < -0.39 is 0 Å². The van der Waals surface area contributed by atoms with Crippen molar-refractivity contribution in [2.45, 2.75) is 33.1 Å². The lowest BCUT2D eigenvalue weighted by atomic mass is 10.0. The number of amides is 1. The number of ether oxygens (including phenoxy) is 1. The van der Waals surface area contributed by atoms with Gasteiger partial charge in [0.25, 0.3) is 0 Å². The molecule has 1 amide bonds. The van der Waals surface area contributed by atoms with Gasteiger partial charge in [0.2, 0.25) is 5.91 Å². The zero-order valence-corrected chi connectivity index (χ0v) is 13.5. The van der Waals surface area contributed by atoms with Gasteiger partial charge in [-0.15, -0.1) is 0 Å². The average molecular weight is 303 g/mol. The van der Waals surface area contributed by atoms with Crippen molar-refractivity contribution in [3.05, 3.63) is 29.8 Å². The summed E-state index contributed by atoms with van der Waals surface area (Å²) in [7, 11) is 0. The molecular formula is C17H25N3O2. The van der Waals surface area contributed by atoms with Crippen LogP contribution in [0.25, 0.3) is 0 Å². The van der Waals surface area contributed by atoms with Crippen LogP contribution in [0.1, 0.15) is 38.7 Å². The first-order valence-corrected chi connectivity index (χ1v) is 8.04. The molecule has 0 bridgehead atoms. The number of carbonyl (C=O) groups is 1. The van der Waals surface area contributed by atoms with Crippen molar-refractivity contribution in [3.8, 4) is 5.75 Å². The number of hydrogen-bond acceptors (Lipinski definition) is 4. The Morgan fingerprint density at radius 3 is 2.50 bits per heavy atom. The van der Waals surface area contributed by atoms with E-state index >= 15 is 0 Å². The minimum atomic E-state index is -0.0168. The molecule has 5 heteroatoms. The van der Waals surface area contributed by atoms with Crippen LogP contribution < -0.4 is 10.2 Å². The smallest absolute Gasteiger partial charge is 0.240 e. The minimum absolute atomic E-state index is 0.0168. The third kappa shape index (κ3) is 4.84. The van der Waals surface area contributed by atoms with Gasteiger partial charge in [0.15, 0.2) is 0 Å². The fourth-order valence-electron chi connectivity index (χ4n) is 2.44. The maximum atomic E-state index is 11.1. The molecule has 0 aliphatic carbocycles. The summed E-state index contributed by atoms with van der Waals surface area (Å²) in [5, 5.41) is 4.09. The van der Waals surface area contributed by atoms with Crippen LogP contribution in [-0.4, -0.2) is 42.8 Å². The van der Waals surface area contributed by atoms with E-state index in [1.165, 1.54) is 0 Å². The van der Waals surface area contributed by atoms with Gasteiger partial charge in [-0.05, 0) is 49.3 Å². The van der Waals surface area contributed by atoms with Gasteiger partial charge in [0.1, 0.15) is 5.75 Å². The molecule has 0 unspecified atom stereocenters. The quantitative estimate of drug-likeness (QED) is 0.750. The van der Waals surface area contributed by atoms with Crippen LogP contribution in [-0.2, 0) is 4.79 Å². The van der Waals surface area contributed by atoms with Gasteiger partial charge in [0, 0.05) is 19.4 Å². The molecule has 0 saturated heterocycles. The van der Waals surface area contributed by atoms with Crippen molar-refractivity contribution in [2.75, 3.05) is 26.2 Å². The fourth-order valence-corrected chi connectivity index (χ4v) is 2.44. The third-order valence-electron chi connectivity index (χ3n) is 3.87. The maximum absolute atomic E-state index is 11.1. The number of hydrogen-bond donors (Lipinski definition) is 1. The number of hydrazone groups is 1. The van der Waals surface area contributed by atoms with E-state index in [2.05, 4.69) is 29.3 Å².